The smallest absolute Gasteiger partial charge is 0.243 e. The molecule has 2 aromatic rings. The van der Waals surface area contributed by atoms with E-state index in [4.69, 9.17) is 4.74 Å². The highest BCUT2D eigenvalue weighted by Gasteiger charge is 2.30. The Balaban J connectivity index is 1.73. The molecule has 1 N–H and O–H groups in total. The third-order valence-electron chi connectivity index (χ3n) is 7.15. The predicted molar refractivity (Wildman–Crippen MR) is 155 cm³/mol. The van der Waals surface area contributed by atoms with E-state index in [-0.39, 0.29) is 30.8 Å². The lowest BCUT2D eigenvalue weighted by Gasteiger charge is -2.32. The maximum absolute atomic E-state index is 13.6. The number of aryl methyl sites for hydroxylation is 1. The SMILES string of the molecule is CCOc1ccc(N(CCCC(=O)N(Cc2ccc(C)cc2)[C@@H](CC)C(=O)NC2CCCC2)S(C)(=O)=O)cc1. The van der Waals surface area contributed by atoms with Crippen LogP contribution in [0.2, 0.25) is 0 Å². The van der Waals surface area contributed by atoms with Crippen molar-refractivity contribution in [2.45, 2.75) is 84.3 Å². The Labute approximate surface area is 233 Å². The zero-order valence-electron chi connectivity index (χ0n) is 23.7. The topological polar surface area (TPSA) is 96.0 Å². The molecule has 1 saturated carbocycles. The fraction of sp³-hybridized carbons (Fsp3) is 0.533. The molecule has 9 heteroatoms. The molecule has 1 aliphatic rings. The number of ether oxygens (including phenoxy) is 1. The lowest BCUT2D eigenvalue weighted by atomic mass is 10.1. The van der Waals surface area contributed by atoms with Gasteiger partial charge in [0.1, 0.15) is 11.8 Å². The maximum Gasteiger partial charge on any atom is 0.243 e. The van der Waals surface area contributed by atoms with Gasteiger partial charge in [-0.25, -0.2) is 8.42 Å². The van der Waals surface area contributed by atoms with Crippen LogP contribution < -0.4 is 14.4 Å². The van der Waals surface area contributed by atoms with E-state index in [9.17, 15) is 18.0 Å². The molecule has 39 heavy (non-hydrogen) atoms. The summed E-state index contributed by atoms with van der Waals surface area (Å²) in [5.74, 6) is 0.388. The fourth-order valence-electron chi connectivity index (χ4n) is 5.06. The van der Waals surface area contributed by atoms with Crippen LogP contribution in [0.25, 0.3) is 0 Å². The van der Waals surface area contributed by atoms with Gasteiger partial charge in [-0.05, 0) is 69.4 Å². The number of nitrogens with one attached hydrogen (secondary N) is 1. The third kappa shape index (κ3) is 8.98. The number of rotatable bonds is 14. The Hall–Kier alpha value is -3.07. The number of nitrogens with zero attached hydrogens (tertiary/aromatic N) is 2. The second kappa shape index (κ2) is 14.4. The van der Waals surface area contributed by atoms with Gasteiger partial charge in [-0.2, -0.15) is 0 Å². The second-order valence-corrected chi connectivity index (χ2v) is 12.2. The lowest BCUT2D eigenvalue weighted by molar-refractivity contribution is -0.141. The first-order chi connectivity index (χ1) is 18.6. The van der Waals surface area contributed by atoms with Crippen molar-refractivity contribution >= 4 is 27.5 Å². The molecule has 0 saturated heterocycles. The van der Waals surface area contributed by atoms with E-state index in [0.29, 0.717) is 37.4 Å². The van der Waals surface area contributed by atoms with Crippen LogP contribution >= 0.6 is 0 Å². The summed E-state index contributed by atoms with van der Waals surface area (Å²) in [6.07, 6.45) is 6.28. The first-order valence-corrected chi connectivity index (χ1v) is 15.8. The molecule has 0 unspecified atom stereocenters. The predicted octanol–water partition coefficient (Wildman–Crippen LogP) is 4.81. The molecule has 0 radical (unpaired) electrons. The summed E-state index contributed by atoms with van der Waals surface area (Å²) in [6.45, 7) is 6.82. The fourth-order valence-corrected chi connectivity index (χ4v) is 6.02. The van der Waals surface area contributed by atoms with Gasteiger partial charge in [-0.3, -0.25) is 13.9 Å². The average Bonchev–Trinajstić information content (AvgIpc) is 3.40. The number of amides is 2. The summed E-state index contributed by atoms with van der Waals surface area (Å²) in [7, 11) is -3.56. The third-order valence-corrected chi connectivity index (χ3v) is 8.34. The van der Waals surface area contributed by atoms with Gasteiger partial charge in [0, 0.05) is 25.6 Å². The van der Waals surface area contributed by atoms with Gasteiger partial charge in [0.2, 0.25) is 21.8 Å². The van der Waals surface area contributed by atoms with E-state index in [1.807, 2.05) is 45.0 Å². The zero-order chi connectivity index (χ0) is 28.4. The number of benzene rings is 2. The Kier molecular flexibility index (Phi) is 11.2. The Morgan fingerprint density at radius 2 is 1.67 bits per heavy atom. The van der Waals surface area contributed by atoms with E-state index < -0.39 is 16.1 Å². The van der Waals surface area contributed by atoms with Crippen molar-refractivity contribution in [1.82, 2.24) is 10.2 Å². The molecule has 0 aliphatic heterocycles. The van der Waals surface area contributed by atoms with E-state index in [0.717, 1.165) is 43.1 Å². The molecule has 8 nitrogen and oxygen atoms in total. The monoisotopic (exact) mass is 557 g/mol. The summed E-state index contributed by atoms with van der Waals surface area (Å²) >= 11 is 0. The van der Waals surface area contributed by atoms with Crippen molar-refractivity contribution in [3.05, 3.63) is 59.7 Å². The number of hydrogen-bond acceptors (Lipinski definition) is 5. The number of carbonyl (C=O) groups is 2. The van der Waals surface area contributed by atoms with E-state index >= 15 is 0 Å². The Morgan fingerprint density at radius 3 is 2.23 bits per heavy atom. The summed E-state index contributed by atoms with van der Waals surface area (Å²) < 4.78 is 31.9. The highest BCUT2D eigenvalue weighted by atomic mass is 32.2. The molecule has 2 aromatic carbocycles. The molecule has 0 aromatic heterocycles. The minimum atomic E-state index is -3.56. The van der Waals surface area contributed by atoms with Crippen LogP contribution in [0.3, 0.4) is 0 Å². The molecule has 2 amide bonds. The maximum atomic E-state index is 13.6. The minimum absolute atomic E-state index is 0.114. The number of sulfonamides is 1. The normalized spacial score (nSPS) is 14.6. The largest absolute Gasteiger partial charge is 0.494 e. The average molecular weight is 558 g/mol. The molecule has 214 valence electrons. The Morgan fingerprint density at radius 1 is 1.03 bits per heavy atom. The summed E-state index contributed by atoms with van der Waals surface area (Å²) in [4.78, 5) is 28.6. The van der Waals surface area contributed by atoms with Gasteiger partial charge in [-0.1, -0.05) is 49.6 Å². The molecule has 0 spiro atoms. The summed E-state index contributed by atoms with van der Waals surface area (Å²) in [6, 6.07) is 14.4. The zero-order valence-corrected chi connectivity index (χ0v) is 24.5. The van der Waals surface area contributed by atoms with Gasteiger partial charge in [0.25, 0.3) is 0 Å². The number of anilines is 1. The van der Waals surface area contributed by atoms with Crippen molar-refractivity contribution in [2.24, 2.45) is 0 Å². The summed E-state index contributed by atoms with van der Waals surface area (Å²) in [5.41, 5.74) is 2.60. The summed E-state index contributed by atoms with van der Waals surface area (Å²) in [5, 5.41) is 3.16. The van der Waals surface area contributed by atoms with Gasteiger partial charge >= 0.3 is 0 Å². The van der Waals surface area contributed by atoms with Crippen molar-refractivity contribution in [2.75, 3.05) is 23.7 Å². The van der Waals surface area contributed by atoms with Gasteiger partial charge in [0.05, 0.1) is 18.6 Å². The quantitative estimate of drug-likeness (QED) is 0.360. The number of hydrogen-bond donors (Lipinski definition) is 1. The minimum Gasteiger partial charge on any atom is -0.494 e. The standard InChI is InChI=1S/C30H43N3O5S/c1-5-28(30(35)31-25-10-7-8-11-25)32(22-24-15-13-23(3)14-16-24)29(34)12-9-21-33(39(4,36)37)26-17-19-27(20-18-26)38-6-2/h13-20,25,28H,5-12,21-22H2,1-4H3,(H,31,35)/t28-/m0/s1. The Bertz CT molecular complexity index is 1180. The lowest BCUT2D eigenvalue weighted by Crippen LogP contribution is -2.51. The van der Waals surface area contributed by atoms with Crippen molar-refractivity contribution in [1.29, 1.82) is 0 Å². The molecule has 0 bridgehead atoms. The van der Waals surface area contributed by atoms with Gasteiger partial charge < -0.3 is 15.0 Å². The first-order valence-electron chi connectivity index (χ1n) is 14.0. The number of carbonyl (C=O) groups excluding carboxylic acids is 2. The van der Waals surface area contributed by atoms with E-state index in [1.165, 1.54) is 4.31 Å². The molecule has 1 aliphatic carbocycles. The molecule has 1 atom stereocenters. The van der Waals surface area contributed by atoms with Crippen molar-refractivity contribution in [3.8, 4) is 5.75 Å². The van der Waals surface area contributed by atoms with Crippen LogP contribution in [0.15, 0.2) is 48.5 Å². The van der Waals surface area contributed by atoms with Gasteiger partial charge in [0.15, 0.2) is 0 Å². The second-order valence-electron chi connectivity index (χ2n) is 10.3. The van der Waals surface area contributed by atoms with Crippen LogP contribution in [0.4, 0.5) is 5.69 Å². The van der Waals surface area contributed by atoms with Crippen molar-refractivity contribution in [3.63, 3.8) is 0 Å². The van der Waals surface area contributed by atoms with E-state index in [1.54, 1.807) is 29.2 Å². The highest BCUT2D eigenvalue weighted by molar-refractivity contribution is 7.92. The molecular formula is C30H43N3O5S. The van der Waals surface area contributed by atoms with Crippen LogP contribution in [0.1, 0.15) is 69.9 Å². The van der Waals surface area contributed by atoms with E-state index in [2.05, 4.69) is 5.32 Å². The van der Waals surface area contributed by atoms with Crippen LogP contribution in [0, 0.1) is 6.92 Å². The van der Waals surface area contributed by atoms with Gasteiger partial charge in [-0.15, -0.1) is 0 Å². The van der Waals surface area contributed by atoms with Crippen molar-refractivity contribution < 1.29 is 22.7 Å². The highest BCUT2D eigenvalue weighted by Crippen LogP contribution is 2.23. The molecule has 3 rings (SSSR count). The molecule has 0 heterocycles. The van der Waals surface area contributed by atoms with Crippen LogP contribution in [-0.2, 0) is 26.2 Å². The van der Waals surface area contributed by atoms with Crippen LogP contribution in [-0.4, -0.2) is 56.6 Å². The molecule has 1 fully saturated rings. The molecular weight excluding hydrogens is 514 g/mol. The first kappa shape index (κ1) is 30.5. The van der Waals surface area contributed by atoms with Crippen LogP contribution in [0.5, 0.6) is 5.75 Å².